The van der Waals surface area contributed by atoms with Crippen LogP contribution in [0.3, 0.4) is 0 Å². The first-order chi connectivity index (χ1) is 7.52. The van der Waals surface area contributed by atoms with Crippen LogP contribution < -0.4 is 0 Å². The molecule has 0 saturated heterocycles. The number of halogens is 1. The number of ether oxygens (including phenoxy) is 1. The second kappa shape index (κ2) is 5.97. The predicted molar refractivity (Wildman–Crippen MR) is 65.6 cm³/mol. The first kappa shape index (κ1) is 13.9. The van der Waals surface area contributed by atoms with E-state index in [1.165, 1.54) is 29.8 Å². The van der Waals surface area contributed by atoms with Gasteiger partial charge < -0.3 is 4.74 Å². The molecule has 7 heteroatoms. The minimum Gasteiger partial charge on any atom is -0.383 e. The molecule has 0 radical (unpaired) electrons. The average Bonchev–Trinajstić information content (AvgIpc) is 2.74. The third-order valence-electron chi connectivity index (χ3n) is 2.06. The van der Waals surface area contributed by atoms with E-state index in [0.717, 1.165) is 5.56 Å². The first-order valence-corrected chi connectivity index (χ1v) is 7.46. The van der Waals surface area contributed by atoms with Crippen molar-refractivity contribution in [3.8, 4) is 0 Å². The summed E-state index contributed by atoms with van der Waals surface area (Å²) in [5.41, 5.74) is 0.824. The lowest BCUT2D eigenvalue weighted by molar-refractivity contribution is 0.185. The molecule has 0 atom stereocenters. The van der Waals surface area contributed by atoms with Gasteiger partial charge in [0.1, 0.15) is 4.21 Å². The molecule has 0 amide bonds. The fraction of sp³-hybridized carbons (Fsp3) is 0.556. The fourth-order valence-electron chi connectivity index (χ4n) is 1.05. The molecule has 0 aromatic carbocycles. The maximum absolute atomic E-state index is 12.0. The van der Waals surface area contributed by atoms with Crippen LogP contribution in [-0.4, -0.2) is 40.0 Å². The molecule has 0 fully saturated rings. The van der Waals surface area contributed by atoms with E-state index in [-0.39, 0.29) is 0 Å². The van der Waals surface area contributed by atoms with Crippen LogP contribution in [0.4, 0.5) is 0 Å². The predicted octanol–water partition coefficient (Wildman–Crippen LogP) is 1.75. The molecule has 1 rings (SSSR count). The van der Waals surface area contributed by atoms with Crippen LogP contribution in [0.15, 0.2) is 15.7 Å². The molecule has 92 valence electrons. The van der Waals surface area contributed by atoms with Crippen LogP contribution in [0.25, 0.3) is 0 Å². The molecule has 4 nitrogen and oxygen atoms in total. The highest BCUT2D eigenvalue weighted by Crippen LogP contribution is 2.23. The quantitative estimate of drug-likeness (QED) is 0.748. The third kappa shape index (κ3) is 3.18. The number of likely N-dealkylation sites (N-methyl/N-ethyl adjacent to an activating group) is 1. The van der Waals surface area contributed by atoms with Crippen LogP contribution in [0.1, 0.15) is 5.56 Å². The summed E-state index contributed by atoms with van der Waals surface area (Å²) in [4.78, 5) is 0. The molecule has 1 heterocycles. The molecular weight excluding hydrogens is 270 g/mol. The highest BCUT2D eigenvalue weighted by molar-refractivity contribution is 7.91. The topological polar surface area (TPSA) is 46.6 Å². The van der Waals surface area contributed by atoms with Crippen molar-refractivity contribution in [2.45, 2.75) is 10.1 Å². The van der Waals surface area contributed by atoms with Gasteiger partial charge in [0.2, 0.25) is 0 Å². The van der Waals surface area contributed by atoms with Gasteiger partial charge in [-0.05, 0) is 17.0 Å². The van der Waals surface area contributed by atoms with Crippen molar-refractivity contribution in [3.05, 3.63) is 17.0 Å². The Morgan fingerprint density at radius 2 is 2.25 bits per heavy atom. The Balaban J connectivity index is 2.84. The van der Waals surface area contributed by atoms with Crippen molar-refractivity contribution in [2.24, 2.45) is 0 Å². The summed E-state index contributed by atoms with van der Waals surface area (Å²) >= 11 is 6.82. The van der Waals surface area contributed by atoms with Crippen molar-refractivity contribution in [1.82, 2.24) is 4.31 Å². The zero-order valence-electron chi connectivity index (χ0n) is 9.14. The summed E-state index contributed by atoms with van der Waals surface area (Å²) in [6.07, 6.45) is 0. The number of hydrogen-bond acceptors (Lipinski definition) is 4. The summed E-state index contributed by atoms with van der Waals surface area (Å²) in [5.74, 6) is 0.327. The second-order valence-electron chi connectivity index (χ2n) is 3.23. The van der Waals surface area contributed by atoms with Gasteiger partial charge >= 0.3 is 0 Å². The number of thiophene rings is 1. The molecule has 0 aliphatic carbocycles. The normalized spacial score (nSPS) is 12.2. The van der Waals surface area contributed by atoms with E-state index >= 15 is 0 Å². The monoisotopic (exact) mass is 283 g/mol. The molecule has 0 spiro atoms. The number of methoxy groups -OCH3 is 1. The maximum atomic E-state index is 12.0. The maximum Gasteiger partial charge on any atom is 0.252 e. The highest BCUT2D eigenvalue weighted by Gasteiger charge is 2.22. The molecule has 0 aliphatic heterocycles. The summed E-state index contributed by atoms with van der Waals surface area (Å²) in [6.45, 7) is 0.719. The molecule has 0 unspecified atom stereocenters. The van der Waals surface area contributed by atoms with Crippen LogP contribution >= 0.6 is 22.9 Å². The number of sulfonamides is 1. The zero-order chi connectivity index (χ0) is 12.2. The van der Waals surface area contributed by atoms with Gasteiger partial charge in [-0.25, -0.2) is 8.42 Å². The number of rotatable bonds is 6. The van der Waals surface area contributed by atoms with Gasteiger partial charge in [0.05, 0.1) is 6.61 Å². The Labute approximate surface area is 105 Å². The van der Waals surface area contributed by atoms with Gasteiger partial charge in [0.25, 0.3) is 10.0 Å². The van der Waals surface area contributed by atoms with Gasteiger partial charge in [0, 0.05) is 26.6 Å². The Kier molecular flexibility index (Phi) is 5.20. The smallest absolute Gasteiger partial charge is 0.252 e. The van der Waals surface area contributed by atoms with Gasteiger partial charge in [-0.2, -0.15) is 4.31 Å². The van der Waals surface area contributed by atoms with Crippen LogP contribution in [0.5, 0.6) is 0 Å². The molecular formula is C9H14ClNO3S2. The number of alkyl halides is 1. The molecule has 0 saturated carbocycles. The van der Waals surface area contributed by atoms with Crippen molar-refractivity contribution in [3.63, 3.8) is 0 Å². The minimum absolute atomic E-state index is 0.321. The number of hydrogen-bond donors (Lipinski definition) is 0. The van der Waals surface area contributed by atoms with Gasteiger partial charge in [-0.15, -0.1) is 22.9 Å². The molecule has 1 aromatic rings. The van der Waals surface area contributed by atoms with Crippen LogP contribution in [0, 0.1) is 0 Å². The van der Waals surface area contributed by atoms with E-state index in [0.29, 0.717) is 23.2 Å². The molecule has 0 bridgehead atoms. The number of nitrogens with zero attached hydrogens (tertiary/aromatic N) is 1. The highest BCUT2D eigenvalue weighted by atomic mass is 35.5. The van der Waals surface area contributed by atoms with Gasteiger partial charge in [0.15, 0.2) is 0 Å². The van der Waals surface area contributed by atoms with E-state index < -0.39 is 10.0 Å². The van der Waals surface area contributed by atoms with Crippen molar-refractivity contribution in [1.29, 1.82) is 0 Å². The summed E-state index contributed by atoms with van der Waals surface area (Å²) < 4.78 is 30.5. The van der Waals surface area contributed by atoms with Crippen LogP contribution in [-0.2, 0) is 20.6 Å². The summed E-state index contributed by atoms with van der Waals surface area (Å²) in [7, 11) is -0.312. The summed E-state index contributed by atoms with van der Waals surface area (Å²) in [6, 6.07) is 1.61. The van der Waals surface area contributed by atoms with E-state index in [4.69, 9.17) is 16.3 Å². The Morgan fingerprint density at radius 3 is 2.75 bits per heavy atom. The molecule has 0 N–H and O–H groups in total. The lowest BCUT2D eigenvalue weighted by Crippen LogP contribution is -2.29. The third-order valence-corrected chi connectivity index (χ3v) is 5.69. The van der Waals surface area contributed by atoms with E-state index in [1.807, 2.05) is 0 Å². The van der Waals surface area contributed by atoms with Gasteiger partial charge in [-0.1, -0.05) is 0 Å². The van der Waals surface area contributed by atoms with E-state index in [9.17, 15) is 8.42 Å². The van der Waals surface area contributed by atoms with Crippen LogP contribution in [0.2, 0.25) is 0 Å². The second-order valence-corrected chi connectivity index (χ2v) is 6.68. The Hall–Kier alpha value is -0.140. The van der Waals surface area contributed by atoms with E-state index in [2.05, 4.69) is 0 Å². The molecule has 1 aromatic heterocycles. The lowest BCUT2D eigenvalue weighted by Gasteiger charge is -2.14. The fourth-order valence-corrected chi connectivity index (χ4v) is 3.87. The SMILES string of the molecule is COCCN(C)S(=O)(=O)c1cc(CCl)cs1. The zero-order valence-corrected chi connectivity index (χ0v) is 11.5. The average molecular weight is 284 g/mol. The van der Waals surface area contributed by atoms with Crippen molar-refractivity contribution < 1.29 is 13.2 Å². The minimum atomic E-state index is -3.39. The van der Waals surface area contributed by atoms with Crippen molar-refractivity contribution in [2.75, 3.05) is 27.3 Å². The summed E-state index contributed by atoms with van der Waals surface area (Å²) in [5, 5.41) is 1.75. The molecule has 0 aliphatic rings. The first-order valence-electron chi connectivity index (χ1n) is 4.61. The van der Waals surface area contributed by atoms with E-state index in [1.54, 1.807) is 11.4 Å². The molecule has 16 heavy (non-hydrogen) atoms. The Morgan fingerprint density at radius 1 is 1.56 bits per heavy atom. The lowest BCUT2D eigenvalue weighted by atomic mass is 10.4. The Bertz CT molecular complexity index is 430. The standard InChI is InChI=1S/C9H14ClNO3S2/c1-11(3-4-14-2)16(12,13)9-5-8(6-10)7-15-9/h5,7H,3-4,6H2,1-2H3. The largest absolute Gasteiger partial charge is 0.383 e. The van der Waals surface area contributed by atoms with Gasteiger partial charge in [-0.3, -0.25) is 0 Å². The van der Waals surface area contributed by atoms with Crippen molar-refractivity contribution >= 4 is 33.0 Å².